The van der Waals surface area contributed by atoms with E-state index >= 15 is 0 Å². The van der Waals surface area contributed by atoms with E-state index in [0.29, 0.717) is 11.0 Å². The average molecular weight is 271 g/mol. The van der Waals surface area contributed by atoms with Crippen LogP contribution in [0.15, 0.2) is 51.7 Å². The van der Waals surface area contributed by atoms with Crippen LogP contribution in [0.3, 0.4) is 0 Å². The molecule has 0 fully saturated rings. The lowest BCUT2D eigenvalue weighted by atomic mass is 10.1. The summed E-state index contributed by atoms with van der Waals surface area (Å²) in [6, 6.07) is 0. The highest BCUT2D eigenvalue weighted by Crippen LogP contribution is 2.20. The predicted octanol–water partition coefficient (Wildman–Crippen LogP) is 2.77. The molecule has 0 aromatic carbocycles. The molecule has 6 heteroatoms. The van der Waals surface area contributed by atoms with Crippen LogP contribution in [0.2, 0.25) is 0 Å². The Morgan fingerprint density at radius 3 is 2.22 bits per heavy atom. The molecule has 0 unspecified atom stereocenters. The van der Waals surface area contributed by atoms with E-state index in [1.165, 1.54) is 19.2 Å². The summed E-state index contributed by atoms with van der Waals surface area (Å²) in [5.74, 6) is -0.159. The van der Waals surface area contributed by atoms with Crippen molar-refractivity contribution in [3.8, 4) is 0 Å². The van der Waals surface area contributed by atoms with Gasteiger partial charge in [-0.1, -0.05) is 18.7 Å². The Hall–Kier alpha value is -1.66. The van der Waals surface area contributed by atoms with Gasteiger partial charge in [-0.25, -0.2) is 0 Å². The highest BCUT2D eigenvalue weighted by Gasteiger charge is 2.11. The summed E-state index contributed by atoms with van der Waals surface area (Å²) in [5, 5.41) is 10.5. The van der Waals surface area contributed by atoms with Gasteiger partial charge in [-0.2, -0.15) is 8.42 Å². The van der Waals surface area contributed by atoms with Gasteiger partial charge in [0.25, 0.3) is 10.1 Å². The molecule has 2 N–H and O–H groups in total. The first-order valence-corrected chi connectivity index (χ1v) is 6.61. The van der Waals surface area contributed by atoms with Crippen LogP contribution < -0.4 is 0 Å². The van der Waals surface area contributed by atoms with E-state index in [2.05, 4.69) is 11.6 Å². The third kappa shape index (κ3) is 5.60. The summed E-state index contributed by atoms with van der Waals surface area (Å²) in [6.45, 7) is 8.23. The van der Waals surface area contributed by atoms with Crippen LogP contribution in [0.25, 0.3) is 0 Å². The topological polar surface area (TPSA) is 87.0 Å². The first-order valence-electron chi connectivity index (χ1n) is 5.10. The second-order valence-corrected chi connectivity index (χ2v) is 4.76. The number of nitrogens with zero attached hydrogens (tertiary/aromatic N) is 1. The molecule has 0 rings (SSSR count). The number of hydrogen-bond acceptors (Lipinski definition) is 4. The molecule has 0 spiro atoms. The van der Waals surface area contributed by atoms with Gasteiger partial charge in [0, 0.05) is 6.21 Å². The fourth-order valence-corrected chi connectivity index (χ4v) is 1.64. The zero-order chi connectivity index (χ0) is 14.3. The van der Waals surface area contributed by atoms with Crippen molar-refractivity contribution in [2.24, 2.45) is 4.99 Å². The van der Waals surface area contributed by atoms with Crippen LogP contribution in [0.5, 0.6) is 0 Å². The van der Waals surface area contributed by atoms with Crippen molar-refractivity contribution in [1.29, 1.82) is 0 Å². The van der Waals surface area contributed by atoms with Crippen LogP contribution in [0.1, 0.15) is 20.8 Å². The smallest absolute Gasteiger partial charge is 0.287 e. The third-order valence-corrected chi connectivity index (χ3v) is 2.69. The number of aliphatic hydroxyl groups is 1. The largest absolute Gasteiger partial charge is 0.505 e. The molecule has 0 radical (unpaired) electrons. The monoisotopic (exact) mass is 271 g/mol. The molecular formula is C12H17NO4S. The Kier molecular flexibility index (Phi) is 6.29. The van der Waals surface area contributed by atoms with Gasteiger partial charge in [0.15, 0.2) is 0 Å². The van der Waals surface area contributed by atoms with Crippen LogP contribution >= 0.6 is 0 Å². The molecule has 0 bridgehead atoms. The number of rotatable bonds is 5. The molecule has 5 nitrogen and oxygen atoms in total. The highest BCUT2D eigenvalue weighted by molar-refractivity contribution is 7.88. The Balaban J connectivity index is 5.89. The summed E-state index contributed by atoms with van der Waals surface area (Å²) >= 11 is 0. The van der Waals surface area contributed by atoms with Gasteiger partial charge in [-0.3, -0.25) is 9.55 Å². The van der Waals surface area contributed by atoms with Crippen molar-refractivity contribution in [3.05, 3.63) is 46.7 Å². The minimum atomic E-state index is -4.29. The van der Waals surface area contributed by atoms with Crippen LogP contribution in [0, 0.1) is 0 Å². The molecule has 0 heterocycles. The Bertz CT molecular complexity index is 536. The molecular weight excluding hydrogens is 254 g/mol. The van der Waals surface area contributed by atoms with Gasteiger partial charge in [0.2, 0.25) is 0 Å². The Labute approximate surface area is 107 Å². The standard InChI is InChI=1S/C12H17NO4S/c1-5-7-13-11(12(14)9(3)6-2)10(4)8-18(15,16)17/h5-8,14H,1H2,2-4H3,(H,15,16,17)/b9-6-,10-8+,12-11-,13-7?. The third-order valence-electron chi connectivity index (χ3n) is 2.04. The molecule has 0 saturated carbocycles. The minimum Gasteiger partial charge on any atom is -0.505 e. The number of allylic oxidation sites excluding steroid dienone is 4. The van der Waals surface area contributed by atoms with Crippen molar-refractivity contribution in [3.63, 3.8) is 0 Å². The number of aliphatic imine (C=N–C) groups is 1. The fraction of sp³-hybridized carbons (Fsp3) is 0.250. The van der Waals surface area contributed by atoms with Gasteiger partial charge in [0.1, 0.15) is 11.5 Å². The molecule has 0 aliphatic carbocycles. The Morgan fingerprint density at radius 1 is 1.28 bits per heavy atom. The van der Waals surface area contributed by atoms with Gasteiger partial charge >= 0.3 is 0 Å². The molecule has 0 aromatic rings. The second-order valence-electron chi connectivity index (χ2n) is 3.50. The van der Waals surface area contributed by atoms with E-state index in [9.17, 15) is 13.5 Å². The van der Waals surface area contributed by atoms with E-state index in [-0.39, 0.29) is 17.0 Å². The first-order chi connectivity index (χ1) is 8.22. The van der Waals surface area contributed by atoms with E-state index in [0.717, 1.165) is 0 Å². The van der Waals surface area contributed by atoms with E-state index in [1.54, 1.807) is 19.9 Å². The Morgan fingerprint density at radius 2 is 1.83 bits per heavy atom. The number of hydrogen-bond donors (Lipinski definition) is 2. The lowest BCUT2D eigenvalue weighted by molar-refractivity contribution is 0.416. The van der Waals surface area contributed by atoms with E-state index in [4.69, 9.17) is 4.55 Å². The zero-order valence-corrected chi connectivity index (χ0v) is 11.4. The van der Waals surface area contributed by atoms with Crippen molar-refractivity contribution < 1.29 is 18.1 Å². The van der Waals surface area contributed by atoms with E-state index < -0.39 is 10.1 Å². The maximum Gasteiger partial charge on any atom is 0.287 e. The summed E-state index contributed by atoms with van der Waals surface area (Å²) in [7, 11) is -4.29. The SMILES string of the molecule is C=CC=NC(=C(O)/C(C)=C\C)/C(C)=C/S(=O)(=O)O. The van der Waals surface area contributed by atoms with Gasteiger partial charge < -0.3 is 5.11 Å². The summed E-state index contributed by atoms with van der Waals surface area (Å²) in [4.78, 5) is 3.90. The maximum atomic E-state index is 10.8. The first kappa shape index (κ1) is 16.3. The molecule has 0 atom stereocenters. The number of aliphatic hydroxyl groups excluding tert-OH is 1. The molecule has 0 aliphatic rings. The molecule has 100 valence electrons. The van der Waals surface area contributed by atoms with Crippen molar-refractivity contribution >= 4 is 16.3 Å². The zero-order valence-electron chi connectivity index (χ0n) is 10.6. The molecule has 0 aromatic heterocycles. The van der Waals surface area contributed by atoms with Gasteiger partial charge in [-0.15, -0.1) is 0 Å². The second kappa shape index (κ2) is 6.93. The fourth-order valence-electron chi connectivity index (χ4n) is 1.08. The lowest BCUT2D eigenvalue weighted by Crippen LogP contribution is -1.98. The quantitative estimate of drug-likeness (QED) is 0.348. The summed E-state index contributed by atoms with van der Waals surface area (Å²) in [5.41, 5.74) is 0.715. The van der Waals surface area contributed by atoms with Gasteiger partial charge in [-0.05, 0) is 31.9 Å². The normalized spacial score (nSPS) is 15.8. The van der Waals surface area contributed by atoms with Crippen molar-refractivity contribution in [2.75, 3.05) is 0 Å². The lowest BCUT2D eigenvalue weighted by Gasteiger charge is -2.07. The molecule has 0 amide bonds. The van der Waals surface area contributed by atoms with Crippen molar-refractivity contribution in [2.45, 2.75) is 20.8 Å². The van der Waals surface area contributed by atoms with Crippen LogP contribution in [0.4, 0.5) is 0 Å². The summed E-state index contributed by atoms with van der Waals surface area (Å²) < 4.78 is 30.3. The molecule has 0 saturated heterocycles. The molecule has 18 heavy (non-hydrogen) atoms. The predicted molar refractivity (Wildman–Crippen MR) is 73.1 cm³/mol. The minimum absolute atomic E-state index is 0.0584. The maximum absolute atomic E-state index is 10.8. The van der Waals surface area contributed by atoms with Crippen LogP contribution in [-0.2, 0) is 10.1 Å². The molecule has 0 aliphatic heterocycles. The van der Waals surface area contributed by atoms with Gasteiger partial charge in [0.05, 0.1) is 5.41 Å². The van der Waals surface area contributed by atoms with E-state index in [1.807, 2.05) is 0 Å². The van der Waals surface area contributed by atoms with Crippen LogP contribution in [-0.4, -0.2) is 24.3 Å². The summed E-state index contributed by atoms with van der Waals surface area (Å²) in [6.07, 6.45) is 4.36. The van der Waals surface area contributed by atoms with Crippen molar-refractivity contribution in [1.82, 2.24) is 0 Å². The average Bonchev–Trinajstić information content (AvgIpc) is 2.25. The highest BCUT2D eigenvalue weighted by atomic mass is 32.2.